The zero-order valence-electron chi connectivity index (χ0n) is 14.5. The molecule has 0 fully saturated rings. The highest BCUT2D eigenvalue weighted by Gasteiger charge is 2.06. The lowest BCUT2D eigenvalue weighted by molar-refractivity contribution is -0.121. The van der Waals surface area contributed by atoms with Crippen molar-refractivity contribution in [3.8, 4) is 11.6 Å². The average molecular weight is 385 g/mol. The van der Waals surface area contributed by atoms with E-state index in [0.29, 0.717) is 24.6 Å². The van der Waals surface area contributed by atoms with Gasteiger partial charge in [0.25, 0.3) is 0 Å². The number of aryl methyl sites for hydroxylation is 1. The summed E-state index contributed by atoms with van der Waals surface area (Å²) in [6.45, 7) is 0.382. The van der Waals surface area contributed by atoms with Crippen molar-refractivity contribution in [1.82, 2.24) is 10.3 Å². The van der Waals surface area contributed by atoms with E-state index in [1.807, 2.05) is 36.4 Å². The van der Waals surface area contributed by atoms with Crippen LogP contribution in [-0.4, -0.2) is 10.9 Å². The fraction of sp³-hybridized carbons (Fsp3) is 0.143. The fourth-order valence-electron chi connectivity index (χ4n) is 2.49. The third-order valence-electron chi connectivity index (χ3n) is 3.87. The highest BCUT2D eigenvalue weighted by atomic mass is 35.5. The van der Waals surface area contributed by atoms with Crippen molar-refractivity contribution in [2.45, 2.75) is 19.4 Å². The van der Waals surface area contributed by atoms with Gasteiger partial charge in [0.05, 0.1) is 5.02 Å². The highest BCUT2D eigenvalue weighted by Crippen LogP contribution is 2.20. The largest absolute Gasteiger partial charge is 0.439 e. The number of ether oxygens (including phenoxy) is 1. The standard InChI is InChI=1S/C21H18ClFN2O2/c22-18-9-7-15(13-19(18)23)8-10-20(26)25-14-16-4-3-5-17(12-16)27-21-6-1-2-11-24-21/h1-7,9,11-13H,8,10,14H2,(H,25,26). The van der Waals surface area contributed by atoms with Gasteiger partial charge in [-0.05, 0) is 47.9 Å². The molecule has 0 saturated heterocycles. The van der Waals surface area contributed by atoms with Gasteiger partial charge in [-0.3, -0.25) is 4.79 Å². The molecule has 0 spiro atoms. The van der Waals surface area contributed by atoms with Crippen LogP contribution in [0.1, 0.15) is 17.5 Å². The predicted octanol–water partition coefficient (Wildman–Crippen LogP) is 4.92. The van der Waals surface area contributed by atoms with Crippen molar-refractivity contribution in [2.75, 3.05) is 0 Å². The van der Waals surface area contributed by atoms with E-state index in [-0.39, 0.29) is 17.4 Å². The Morgan fingerprint density at radius 3 is 2.74 bits per heavy atom. The highest BCUT2D eigenvalue weighted by molar-refractivity contribution is 6.30. The molecule has 4 nitrogen and oxygen atoms in total. The van der Waals surface area contributed by atoms with E-state index in [0.717, 1.165) is 11.1 Å². The summed E-state index contributed by atoms with van der Waals surface area (Å²) < 4.78 is 19.1. The summed E-state index contributed by atoms with van der Waals surface area (Å²) in [7, 11) is 0. The topological polar surface area (TPSA) is 51.2 Å². The van der Waals surface area contributed by atoms with Crippen molar-refractivity contribution in [1.29, 1.82) is 0 Å². The van der Waals surface area contributed by atoms with Gasteiger partial charge < -0.3 is 10.1 Å². The third kappa shape index (κ3) is 5.79. The normalized spacial score (nSPS) is 10.4. The molecule has 0 atom stereocenters. The van der Waals surface area contributed by atoms with Crippen LogP contribution < -0.4 is 10.1 Å². The second-order valence-electron chi connectivity index (χ2n) is 5.94. The second kappa shape index (κ2) is 9.14. The van der Waals surface area contributed by atoms with Crippen molar-refractivity contribution in [2.24, 2.45) is 0 Å². The van der Waals surface area contributed by atoms with Crippen LogP contribution in [0.3, 0.4) is 0 Å². The monoisotopic (exact) mass is 384 g/mol. The molecule has 1 N–H and O–H groups in total. The van der Waals surface area contributed by atoms with Crippen molar-refractivity contribution in [3.05, 3.63) is 88.8 Å². The Kier molecular flexibility index (Phi) is 6.39. The molecule has 3 aromatic rings. The Morgan fingerprint density at radius 2 is 1.96 bits per heavy atom. The summed E-state index contributed by atoms with van der Waals surface area (Å²) in [5.74, 6) is 0.576. The van der Waals surface area contributed by atoms with Gasteiger partial charge in [0.15, 0.2) is 0 Å². The maximum atomic E-state index is 13.4. The number of halogens is 2. The molecule has 0 unspecified atom stereocenters. The lowest BCUT2D eigenvalue weighted by Crippen LogP contribution is -2.23. The number of carbonyl (C=O) groups is 1. The zero-order valence-corrected chi connectivity index (χ0v) is 15.2. The van der Waals surface area contributed by atoms with Gasteiger partial charge in [0.2, 0.25) is 11.8 Å². The van der Waals surface area contributed by atoms with Gasteiger partial charge in [0, 0.05) is 25.2 Å². The van der Waals surface area contributed by atoms with Crippen LogP contribution in [0.15, 0.2) is 66.9 Å². The number of amides is 1. The SMILES string of the molecule is O=C(CCc1ccc(Cl)c(F)c1)NCc1cccc(Oc2ccccn2)c1. The summed E-state index contributed by atoms with van der Waals surface area (Å²) >= 11 is 5.66. The number of nitrogens with zero attached hydrogens (tertiary/aromatic N) is 1. The van der Waals surface area contributed by atoms with Gasteiger partial charge in [-0.1, -0.05) is 35.9 Å². The number of nitrogens with one attached hydrogen (secondary N) is 1. The fourth-order valence-corrected chi connectivity index (χ4v) is 2.61. The Balaban J connectivity index is 1.49. The van der Waals surface area contributed by atoms with E-state index < -0.39 is 5.82 Å². The van der Waals surface area contributed by atoms with E-state index in [4.69, 9.17) is 16.3 Å². The van der Waals surface area contributed by atoms with Crippen LogP contribution >= 0.6 is 11.6 Å². The summed E-state index contributed by atoms with van der Waals surface area (Å²) in [6.07, 6.45) is 2.37. The van der Waals surface area contributed by atoms with Crippen LogP contribution in [0.25, 0.3) is 0 Å². The van der Waals surface area contributed by atoms with Crippen molar-refractivity contribution in [3.63, 3.8) is 0 Å². The number of benzene rings is 2. The molecule has 1 aromatic heterocycles. The zero-order chi connectivity index (χ0) is 19.1. The van der Waals surface area contributed by atoms with E-state index in [1.165, 1.54) is 12.1 Å². The number of hydrogen-bond acceptors (Lipinski definition) is 3. The Labute approximate surface area is 162 Å². The van der Waals surface area contributed by atoms with Crippen LogP contribution in [0.4, 0.5) is 4.39 Å². The Hall–Kier alpha value is -2.92. The molecule has 1 amide bonds. The summed E-state index contributed by atoms with van der Waals surface area (Å²) in [6, 6.07) is 17.4. The Morgan fingerprint density at radius 1 is 1.07 bits per heavy atom. The number of aromatic nitrogens is 1. The van der Waals surface area contributed by atoms with E-state index in [9.17, 15) is 9.18 Å². The van der Waals surface area contributed by atoms with Crippen LogP contribution in [-0.2, 0) is 17.8 Å². The van der Waals surface area contributed by atoms with E-state index in [1.54, 1.807) is 18.3 Å². The van der Waals surface area contributed by atoms with Gasteiger partial charge in [-0.25, -0.2) is 9.37 Å². The van der Waals surface area contributed by atoms with Gasteiger partial charge in [0.1, 0.15) is 11.6 Å². The lowest BCUT2D eigenvalue weighted by atomic mass is 10.1. The molecule has 6 heteroatoms. The smallest absolute Gasteiger partial charge is 0.220 e. The minimum atomic E-state index is -0.473. The quantitative estimate of drug-likeness (QED) is 0.629. The van der Waals surface area contributed by atoms with Crippen LogP contribution in [0, 0.1) is 5.82 Å². The molecule has 0 aliphatic rings. The molecule has 27 heavy (non-hydrogen) atoms. The first-order valence-electron chi connectivity index (χ1n) is 8.48. The minimum Gasteiger partial charge on any atom is -0.439 e. The molecule has 3 rings (SSSR count). The lowest BCUT2D eigenvalue weighted by Gasteiger charge is -2.08. The number of rotatable bonds is 7. The third-order valence-corrected chi connectivity index (χ3v) is 4.18. The molecular formula is C21H18ClFN2O2. The van der Waals surface area contributed by atoms with E-state index >= 15 is 0 Å². The molecule has 1 heterocycles. The summed E-state index contributed by atoms with van der Waals surface area (Å²) in [5, 5.41) is 2.94. The first kappa shape index (κ1) is 18.9. The predicted molar refractivity (Wildman–Crippen MR) is 102 cm³/mol. The summed E-state index contributed by atoms with van der Waals surface area (Å²) in [4.78, 5) is 16.2. The van der Waals surface area contributed by atoms with Crippen LogP contribution in [0.5, 0.6) is 11.6 Å². The molecular weight excluding hydrogens is 367 g/mol. The first-order chi connectivity index (χ1) is 13.1. The minimum absolute atomic E-state index is 0.0796. The van der Waals surface area contributed by atoms with Crippen molar-refractivity contribution < 1.29 is 13.9 Å². The number of hydrogen-bond donors (Lipinski definition) is 1. The molecule has 0 bridgehead atoms. The number of carbonyl (C=O) groups excluding carboxylic acids is 1. The van der Waals surface area contributed by atoms with Gasteiger partial charge in [-0.15, -0.1) is 0 Å². The molecule has 0 saturated carbocycles. The van der Waals surface area contributed by atoms with E-state index in [2.05, 4.69) is 10.3 Å². The number of pyridine rings is 1. The maximum Gasteiger partial charge on any atom is 0.220 e. The summed E-state index contributed by atoms with van der Waals surface area (Å²) in [5.41, 5.74) is 1.65. The molecule has 0 aliphatic heterocycles. The molecule has 0 aliphatic carbocycles. The molecule has 138 valence electrons. The van der Waals surface area contributed by atoms with Crippen molar-refractivity contribution >= 4 is 17.5 Å². The van der Waals surface area contributed by atoms with Crippen LogP contribution in [0.2, 0.25) is 5.02 Å². The van der Waals surface area contributed by atoms with Gasteiger partial charge in [-0.2, -0.15) is 0 Å². The molecule has 0 radical (unpaired) electrons. The Bertz CT molecular complexity index is 919. The maximum absolute atomic E-state index is 13.4. The van der Waals surface area contributed by atoms with Gasteiger partial charge >= 0.3 is 0 Å². The molecule has 2 aromatic carbocycles. The second-order valence-corrected chi connectivity index (χ2v) is 6.35. The average Bonchev–Trinajstić information content (AvgIpc) is 2.68. The first-order valence-corrected chi connectivity index (χ1v) is 8.86.